The molecule has 1 aromatic carbocycles. The Labute approximate surface area is 131 Å². The summed E-state index contributed by atoms with van der Waals surface area (Å²) in [6.07, 6.45) is 2.97. The fraction of sp³-hybridized carbons (Fsp3) is 0.333. The van der Waals surface area contributed by atoms with Gasteiger partial charge >= 0.3 is 0 Å². The first-order valence-electron chi connectivity index (χ1n) is 7.33. The van der Waals surface area contributed by atoms with E-state index in [4.69, 9.17) is 9.26 Å². The lowest BCUT2D eigenvalue weighted by atomic mass is 10.0. The number of aromatic amines is 1. The van der Waals surface area contributed by atoms with Gasteiger partial charge in [0.15, 0.2) is 5.82 Å². The molecule has 1 aliphatic rings. The van der Waals surface area contributed by atoms with Crippen LogP contribution in [0.3, 0.4) is 0 Å². The molecule has 0 saturated carbocycles. The number of nitrogens with zero attached hydrogens (tertiary/aromatic N) is 4. The highest BCUT2D eigenvalue weighted by Gasteiger charge is 2.33. The summed E-state index contributed by atoms with van der Waals surface area (Å²) in [6, 6.07) is 3.51. The van der Waals surface area contributed by atoms with E-state index < -0.39 is 0 Å². The number of fused-ring (bicyclic) bond motifs is 1. The van der Waals surface area contributed by atoms with E-state index in [-0.39, 0.29) is 11.9 Å². The maximum atomic E-state index is 13.1. The maximum absolute atomic E-state index is 13.1. The molecule has 1 unspecified atom stereocenters. The molecule has 1 amide bonds. The molecule has 1 N–H and O–H groups in total. The molecule has 3 heterocycles. The molecule has 1 saturated heterocycles. The molecule has 0 aliphatic carbocycles. The van der Waals surface area contributed by atoms with Crippen molar-refractivity contribution in [3.8, 4) is 0 Å². The Kier molecular flexibility index (Phi) is 3.30. The van der Waals surface area contributed by atoms with Crippen LogP contribution in [0.5, 0.6) is 0 Å². The van der Waals surface area contributed by atoms with Crippen molar-refractivity contribution in [3.05, 3.63) is 41.7 Å². The minimum absolute atomic E-state index is 0.0962. The molecule has 1 fully saturated rings. The zero-order valence-electron chi connectivity index (χ0n) is 12.5. The quantitative estimate of drug-likeness (QED) is 0.769. The lowest BCUT2D eigenvalue weighted by molar-refractivity contribution is -0.00568. The Morgan fingerprint density at radius 1 is 1.43 bits per heavy atom. The first-order chi connectivity index (χ1) is 11.2. The van der Waals surface area contributed by atoms with Crippen LogP contribution in [0.1, 0.15) is 27.8 Å². The van der Waals surface area contributed by atoms with Gasteiger partial charge in [-0.25, -0.2) is 0 Å². The first kappa shape index (κ1) is 13.9. The van der Waals surface area contributed by atoms with Gasteiger partial charge in [-0.3, -0.25) is 9.89 Å². The van der Waals surface area contributed by atoms with Crippen molar-refractivity contribution in [2.75, 3.05) is 19.8 Å². The van der Waals surface area contributed by atoms with E-state index in [1.165, 1.54) is 6.39 Å². The number of carbonyl (C=O) groups excluding carboxylic acids is 1. The fourth-order valence-electron chi connectivity index (χ4n) is 2.92. The lowest BCUT2D eigenvalue weighted by Gasteiger charge is -2.33. The molecule has 0 radical (unpaired) electrons. The van der Waals surface area contributed by atoms with Crippen LogP contribution in [0.2, 0.25) is 0 Å². The molecular formula is C15H15N5O3. The predicted octanol–water partition coefficient (Wildman–Crippen LogP) is 1.47. The van der Waals surface area contributed by atoms with Crippen LogP contribution in [-0.2, 0) is 4.74 Å². The summed E-state index contributed by atoms with van der Waals surface area (Å²) in [5.74, 6) is 0.354. The Morgan fingerprint density at radius 2 is 2.35 bits per heavy atom. The van der Waals surface area contributed by atoms with Gasteiger partial charge in [0.1, 0.15) is 6.04 Å². The highest BCUT2D eigenvalue weighted by atomic mass is 16.5. The highest BCUT2D eigenvalue weighted by molar-refractivity contribution is 6.05. The average molecular weight is 313 g/mol. The Balaban J connectivity index is 1.75. The van der Waals surface area contributed by atoms with Crippen molar-refractivity contribution >= 4 is 16.8 Å². The van der Waals surface area contributed by atoms with Gasteiger partial charge in [-0.05, 0) is 24.6 Å². The average Bonchev–Trinajstić information content (AvgIpc) is 3.24. The van der Waals surface area contributed by atoms with Crippen molar-refractivity contribution in [2.45, 2.75) is 13.0 Å². The molecule has 2 aromatic heterocycles. The van der Waals surface area contributed by atoms with Crippen LogP contribution in [-0.4, -0.2) is 50.9 Å². The smallest absolute Gasteiger partial charge is 0.256 e. The zero-order chi connectivity index (χ0) is 15.8. The predicted molar refractivity (Wildman–Crippen MR) is 79.7 cm³/mol. The Morgan fingerprint density at radius 3 is 3.17 bits per heavy atom. The molecule has 23 heavy (non-hydrogen) atoms. The minimum Gasteiger partial charge on any atom is -0.377 e. The van der Waals surface area contributed by atoms with Crippen molar-refractivity contribution in [3.63, 3.8) is 0 Å². The highest BCUT2D eigenvalue weighted by Crippen LogP contribution is 2.26. The number of hydrogen-bond acceptors (Lipinski definition) is 6. The van der Waals surface area contributed by atoms with Crippen LogP contribution in [0.25, 0.3) is 10.9 Å². The van der Waals surface area contributed by atoms with E-state index in [1.807, 2.05) is 19.1 Å². The van der Waals surface area contributed by atoms with Gasteiger partial charge < -0.3 is 14.2 Å². The van der Waals surface area contributed by atoms with Crippen LogP contribution in [0, 0.1) is 6.92 Å². The lowest BCUT2D eigenvalue weighted by Crippen LogP contribution is -2.44. The Hall–Kier alpha value is -2.74. The van der Waals surface area contributed by atoms with Crippen molar-refractivity contribution in [1.29, 1.82) is 0 Å². The topological polar surface area (TPSA) is 97.1 Å². The van der Waals surface area contributed by atoms with E-state index in [0.717, 1.165) is 16.5 Å². The molecule has 118 valence electrons. The number of nitrogens with one attached hydrogen (secondary N) is 1. The van der Waals surface area contributed by atoms with Crippen molar-refractivity contribution < 1.29 is 14.1 Å². The number of ether oxygens (including phenoxy) is 1. The number of morpholine rings is 1. The van der Waals surface area contributed by atoms with Gasteiger partial charge in [-0.15, -0.1) is 0 Å². The summed E-state index contributed by atoms with van der Waals surface area (Å²) in [5, 5.41) is 11.7. The summed E-state index contributed by atoms with van der Waals surface area (Å²) >= 11 is 0. The van der Waals surface area contributed by atoms with Crippen LogP contribution in [0.4, 0.5) is 0 Å². The largest absolute Gasteiger partial charge is 0.377 e. The van der Waals surface area contributed by atoms with E-state index in [2.05, 4.69) is 20.3 Å². The Bertz CT molecular complexity index is 842. The number of aromatic nitrogens is 4. The molecule has 8 nitrogen and oxygen atoms in total. The third-order valence-electron chi connectivity index (χ3n) is 3.99. The number of H-pyrrole nitrogens is 1. The van der Waals surface area contributed by atoms with E-state index in [9.17, 15) is 4.79 Å². The number of carbonyl (C=O) groups is 1. The second kappa shape index (κ2) is 5.47. The zero-order valence-corrected chi connectivity index (χ0v) is 12.5. The van der Waals surface area contributed by atoms with Gasteiger partial charge in [-0.1, -0.05) is 5.16 Å². The van der Waals surface area contributed by atoms with Gasteiger partial charge in [0.2, 0.25) is 6.39 Å². The normalized spacial score (nSPS) is 18.5. The molecule has 8 heteroatoms. The van der Waals surface area contributed by atoms with Gasteiger partial charge in [-0.2, -0.15) is 10.1 Å². The molecule has 4 rings (SSSR count). The summed E-state index contributed by atoms with van der Waals surface area (Å²) in [6.45, 7) is 3.27. The monoisotopic (exact) mass is 313 g/mol. The summed E-state index contributed by atoms with van der Waals surface area (Å²) < 4.78 is 10.3. The van der Waals surface area contributed by atoms with E-state index in [0.29, 0.717) is 31.1 Å². The molecule has 1 aliphatic heterocycles. The number of amides is 1. The standard InChI is InChI=1S/C15H15N5O3/c1-9-4-10-6-17-18-13(10)11(5-9)15(21)20-2-3-22-7-12(20)14-16-8-23-19-14/h4-6,8,12H,2-3,7H2,1H3,(H,17,18). The SMILES string of the molecule is Cc1cc(C(=O)N2CCOCC2c2ncon2)c2[nH]ncc2c1. The van der Waals surface area contributed by atoms with E-state index >= 15 is 0 Å². The van der Waals surface area contributed by atoms with Gasteiger partial charge in [0.05, 0.1) is 30.5 Å². The molecular weight excluding hydrogens is 298 g/mol. The summed E-state index contributed by atoms with van der Waals surface area (Å²) in [5.41, 5.74) is 2.33. The number of rotatable bonds is 2. The molecule has 3 aromatic rings. The minimum atomic E-state index is -0.353. The fourth-order valence-corrected chi connectivity index (χ4v) is 2.92. The van der Waals surface area contributed by atoms with Gasteiger partial charge in [0, 0.05) is 11.9 Å². The second-order valence-electron chi connectivity index (χ2n) is 5.53. The van der Waals surface area contributed by atoms with Crippen LogP contribution < -0.4 is 0 Å². The summed E-state index contributed by atoms with van der Waals surface area (Å²) in [7, 11) is 0. The van der Waals surface area contributed by atoms with Gasteiger partial charge in [0.25, 0.3) is 5.91 Å². The van der Waals surface area contributed by atoms with Crippen molar-refractivity contribution in [1.82, 2.24) is 25.2 Å². The maximum Gasteiger partial charge on any atom is 0.256 e. The number of aryl methyl sites for hydroxylation is 1. The third kappa shape index (κ3) is 2.36. The molecule has 0 spiro atoms. The molecule has 1 atom stereocenters. The van der Waals surface area contributed by atoms with Crippen molar-refractivity contribution in [2.24, 2.45) is 0 Å². The number of benzene rings is 1. The number of hydrogen-bond donors (Lipinski definition) is 1. The third-order valence-corrected chi connectivity index (χ3v) is 3.99. The summed E-state index contributed by atoms with van der Waals surface area (Å²) in [4.78, 5) is 18.9. The first-order valence-corrected chi connectivity index (χ1v) is 7.33. The van der Waals surface area contributed by atoms with Crippen LogP contribution >= 0.6 is 0 Å². The van der Waals surface area contributed by atoms with Crippen LogP contribution in [0.15, 0.2) is 29.2 Å². The second-order valence-corrected chi connectivity index (χ2v) is 5.53. The van der Waals surface area contributed by atoms with E-state index in [1.54, 1.807) is 11.1 Å². The molecule has 0 bridgehead atoms.